The van der Waals surface area contributed by atoms with Crippen LogP contribution in [0.1, 0.15) is 40.0 Å². The summed E-state index contributed by atoms with van der Waals surface area (Å²) < 4.78 is 39.8. The number of carbonyl (C=O) groups is 2. The predicted octanol–water partition coefficient (Wildman–Crippen LogP) is 4.78. The topological polar surface area (TPSA) is 96.0 Å². The SMILES string of the molecule is Cc1cncc(C(=O)NC2(C(=O)NCc3ccc(Nc4ccc(Cl)cc4C(F)(F)F)cn3)CC2)c1. The molecule has 3 N–H and O–H groups in total. The van der Waals surface area contributed by atoms with Gasteiger partial charge in [0.15, 0.2) is 0 Å². The van der Waals surface area contributed by atoms with Crippen molar-refractivity contribution in [2.75, 3.05) is 5.32 Å². The average molecular weight is 504 g/mol. The third kappa shape index (κ3) is 5.89. The lowest BCUT2D eigenvalue weighted by Gasteiger charge is -2.17. The second kappa shape index (κ2) is 9.53. The summed E-state index contributed by atoms with van der Waals surface area (Å²) in [6.07, 6.45) is 0.905. The van der Waals surface area contributed by atoms with Crippen molar-refractivity contribution in [1.29, 1.82) is 0 Å². The van der Waals surface area contributed by atoms with E-state index in [4.69, 9.17) is 11.6 Å². The molecule has 1 saturated carbocycles. The molecule has 7 nitrogen and oxygen atoms in total. The van der Waals surface area contributed by atoms with Gasteiger partial charge in [-0.25, -0.2) is 0 Å². The smallest absolute Gasteiger partial charge is 0.354 e. The zero-order valence-corrected chi connectivity index (χ0v) is 19.3. The van der Waals surface area contributed by atoms with E-state index in [9.17, 15) is 22.8 Å². The highest BCUT2D eigenvalue weighted by molar-refractivity contribution is 6.30. The van der Waals surface area contributed by atoms with Crippen molar-refractivity contribution in [3.8, 4) is 0 Å². The Bertz CT molecular complexity index is 1260. The molecule has 0 atom stereocenters. The van der Waals surface area contributed by atoms with Gasteiger partial charge in [0.2, 0.25) is 5.91 Å². The van der Waals surface area contributed by atoms with Crippen LogP contribution in [0, 0.1) is 6.92 Å². The van der Waals surface area contributed by atoms with Gasteiger partial charge in [0.1, 0.15) is 5.54 Å². The maximum absolute atomic E-state index is 13.3. The summed E-state index contributed by atoms with van der Waals surface area (Å²) in [5.41, 5.74) is 0.0429. The van der Waals surface area contributed by atoms with Crippen LogP contribution in [-0.4, -0.2) is 27.3 Å². The van der Waals surface area contributed by atoms with E-state index in [0.29, 0.717) is 29.8 Å². The van der Waals surface area contributed by atoms with Crippen molar-refractivity contribution in [3.05, 3.63) is 82.4 Å². The van der Waals surface area contributed by atoms with E-state index in [1.54, 1.807) is 24.4 Å². The van der Waals surface area contributed by atoms with Gasteiger partial charge in [-0.15, -0.1) is 0 Å². The third-order valence-corrected chi connectivity index (χ3v) is 5.73. The van der Waals surface area contributed by atoms with E-state index in [-0.39, 0.29) is 29.1 Å². The van der Waals surface area contributed by atoms with Gasteiger partial charge in [0, 0.05) is 17.4 Å². The standard InChI is InChI=1S/C24H21ClF3N5O2/c1-14-8-15(11-29-10-14)21(34)33-23(6-7-23)22(35)31-12-17-3-4-18(13-30-17)32-20-5-2-16(25)9-19(20)24(26,27)28/h2-5,8-11,13,32H,6-7,12H2,1H3,(H,31,35)(H,33,34). The second-order valence-electron chi connectivity index (χ2n) is 8.32. The Balaban J connectivity index is 1.35. The lowest BCUT2D eigenvalue weighted by atomic mass is 10.1. The van der Waals surface area contributed by atoms with Crippen molar-refractivity contribution < 1.29 is 22.8 Å². The summed E-state index contributed by atoms with van der Waals surface area (Å²) >= 11 is 5.71. The second-order valence-corrected chi connectivity index (χ2v) is 8.76. The van der Waals surface area contributed by atoms with Gasteiger partial charge in [-0.3, -0.25) is 19.6 Å². The van der Waals surface area contributed by atoms with Gasteiger partial charge in [0.25, 0.3) is 5.91 Å². The number of hydrogen-bond donors (Lipinski definition) is 3. The minimum absolute atomic E-state index is 0.0211. The fourth-order valence-corrected chi connectivity index (χ4v) is 3.63. The molecule has 4 rings (SSSR count). The Morgan fingerprint density at radius 1 is 1.09 bits per heavy atom. The Hall–Kier alpha value is -3.66. The van der Waals surface area contributed by atoms with Crippen LogP contribution in [0.25, 0.3) is 0 Å². The predicted molar refractivity (Wildman–Crippen MR) is 124 cm³/mol. The minimum Gasteiger partial charge on any atom is -0.354 e. The lowest BCUT2D eigenvalue weighted by Crippen LogP contribution is -2.48. The number of hydrogen-bond acceptors (Lipinski definition) is 5. The molecule has 182 valence electrons. The molecule has 1 aromatic carbocycles. The minimum atomic E-state index is -4.57. The summed E-state index contributed by atoms with van der Waals surface area (Å²) in [6.45, 7) is 1.92. The summed E-state index contributed by atoms with van der Waals surface area (Å²) in [7, 11) is 0. The van der Waals surface area contributed by atoms with Gasteiger partial charge in [-0.2, -0.15) is 13.2 Å². The molecule has 0 unspecified atom stereocenters. The molecule has 0 bridgehead atoms. The zero-order valence-electron chi connectivity index (χ0n) is 18.5. The number of halogens is 4. The van der Waals surface area contributed by atoms with Crippen LogP contribution in [0.2, 0.25) is 5.02 Å². The number of carbonyl (C=O) groups excluding carboxylic acids is 2. The van der Waals surface area contributed by atoms with E-state index in [0.717, 1.165) is 11.6 Å². The first-order valence-corrected chi connectivity index (χ1v) is 11.0. The van der Waals surface area contributed by atoms with Crippen LogP contribution in [-0.2, 0) is 17.5 Å². The molecule has 0 aliphatic heterocycles. The number of aryl methyl sites for hydroxylation is 1. The number of benzene rings is 1. The molecule has 2 heterocycles. The maximum atomic E-state index is 13.3. The fourth-order valence-electron chi connectivity index (χ4n) is 3.46. The van der Waals surface area contributed by atoms with Gasteiger partial charge in [0.05, 0.1) is 40.9 Å². The lowest BCUT2D eigenvalue weighted by molar-refractivity contribution is -0.137. The largest absolute Gasteiger partial charge is 0.418 e. The van der Waals surface area contributed by atoms with Crippen molar-refractivity contribution in [2.45, 2.75) is 38.0 Å². The van der Waals surface area contributed by atoms with Crippen LogP contribution in [0.5, 0.6) is 0 Å². The number of anilines is 2. The fraction of sp³-hybridized carbons (Fsp3) is 0.250. The van der Waals surface area contributed by atoms with Crippen molar-refractivity contribution in [1.82, 2.24) is 20.6 Å². The third-order valence-electron chi connectivity index (χ3n) is 5.50. The molecule has 2 amide bonds. The van der Waals surface area contributed by atoms with Crippen molar-refractivity contribution in [2.24, 2.45) is 0 Å². The highest BCUT2D eigenvalue weighted by atomic mass is 35.5. The van der Waals surface area contributed by atoms with Crippen molar-refractivity contribution >= 4 is 34.8 Å². The summed E-state index contributed by atoms with van der Waals surface area (Å²) in [5.74, 6) is -0.700. The molecule has 1 aliphatic carbocycles. The van der Waals surface area contributed by atoms with Gasteiger partial charge >= 0.3 is 6.18 Å². The number of alkyl halides is 3. The monoisotopic (exact) mass is 503 g/mol. The Kier molecular flexibility index (Phi) is 6.66. The van der Waals surface area contributed by atoms with Crippen LogP contribution in [0.15, 0.2) is 55.0 Å². The van der Waals surface area contributed by atoms with Crippen LogP contribution in [0.3, 0.4) is 0 Å². The number of amides is 2. The highest BCUT2D eigenvalue weighted by Crippen LogP contribution is 2.38. The summed E-state index contributed by atoms with van der Waals surface area (Å²) in [5, 5.41) is 8.21. The summed E-state index contributed by atoms with van der Waals surface area (Å²) in [6, 6.07) is 8.29. The molecule has 2 aromatic heterocycles. The van der Waals surface area contributed by atoms with E-state index in [1.807, 2.05) is 6.92 Å². The number of aromatic nitrogens is 2. The Morgan fingerprint density at radius 2 is 1.86 bits per heavy atom. The molecule has 35 heavy (non-hydrogen) atoms. The molecule has 1 aliphatic rings. The summed E-state index contributed by atoms with van der Waals surface area (Å²) in [4.78, 5) is 33.4. The molecule has 0 saturated heterocycles. The number of pyridine rings is 2. The highest BCUT2D eigenvalue weighted by Gasteiger charge is 2.51. The molecule has 11 heteroatoms. The first kappa shape index (κ1) is 24.5. The first-order chi connectivity index (χ1) is 16.6. The van der Waals surface area contributed by atoms with Gasteiger partial charge < -0.3 is 16.0 Å². The molecular weight excluding hydrogens is 483 g/mol. The maximum Gasteiger partial charge on any atom is 0.418 e. The normalized spacial score (nSPS) is 14.2. The van der Waals surface area contributed by atoms with E-state index in [2.05, 4.69) is 25.9 Å². The Labute approximate surface area is 204 Å². The number of nitrogens with zero attached hydrogens (tertiary/aromatic N) is 2. The van der Waals surface area contributed by atoms with Crippen molar-refractivity contribution in [3.63, 3.8) is 0 Å². The Morgan fingerprint density at radius 3 is 2.49 bits per heavy atom. The van der Waals surface area contributed by atoms with Crippen LogP contribution < -0.4 is 16.0 Å². The van der Waals surface area contributed by atoms with Crippen LogP contribution >= 0.6 is 11.6 Å². The van der Waals surface area contributed by atoms with Crippen LogP contribution in [0.4, 0.5) is 24.5 Å². The number of rotatable bonds is 7. The van der Waals surface area contributed by atoms with Gasteiger partial charge in [-0.05, 0) is 61.7 Å². The quantitative estimate of drug-likeness (QED) is 0.431. The zero-order chi connectivity index (χ0) is 25.2. The van der Waals surface area contributed by atoms with E-state index < -0.39 is 17.3 Å². The molecular formula is C24H21ClF3N5O2. The molecule has 3 aromatic rings. The van der Waals surface area contributed by atoms with E-state index >= 15 is 0 Å². The number of nitrogens with one attached hydrogen (secondary N) is 3. The van der Waals surface area contributed by atoms with E-state index in [1.165, 1.54) is 24.5 Å². The molecule has 0 radical (unpaired) electrons. The average Bonchev–Trinajstić information content (AvgIpc) is 3.59. The van der Waals surface area contributed by atoms with Gasteiger partial charge in [-0.1, -0.05) is 11.6 Å². The molecule has 0 spiro atoms. The first-order valence-electron chi connectivity index (χ1n) is 10.7. The molecule has 1 fully saturated rings.